The van der Waals surface area contributed by atoms with Crippen molar-refractivity contribution in [2.75, 3.05) is 12.8 Å². The van der Waals surface area contributed by atoms with E-state index in [2.05, 4.69) is 20.2 Å². The Kier molecular flexibility index (Phi) is 7.80. The number of primary amides is 1. The van der Waals surface area contributed by atoms with Gasteiger partial charge in [-0.15, -0.1) is 0 Å². The quantitative estimate of drug-likeness (QED) is 0.134. The van der Waals surface area contributed by atoms with Gasteiger partial charge in [0.2, 0.25) is 5.91 Å². The second-order valence-electron chi connectivity index (χ2n) is 13.1. The predicted molar refractivity (Wildman–Crippen MR) is 177 cm³/mol. The highest BCUT2D eigenvalue weighted by molar-refractivity contribution is 6.37. The molecule has 11 nitrogen and oxygen atoms in total. The number of benzene rings is 2. The van der Waals surface area contributed by atoms with Crippen LogP contribution in [0.15, 0.2) is 36.4 Å². The molecule has 2 aromatic carbocycles. The Bertz CT molecular complexity index is 2420. The maximum absolute atomic E-state index is 16.0. The number of amides is 1. The molecule has 4 heterocycles. The van der Waals surface area contributed by atoms with E-state index in [0.29, 0.717) is 38.6 Å². The number of aromatic nitrogens is 7. The van der Waals surface area contributed by atoms with Crippen LogP contribution < -0.4 is 11.5 Å². The number of hydrogen-bond acceptors (Lipinski definition) is 7. The topological polar surface area (TPSA) is 156 Å². The lowest BCUT2D eigenvalue weighted by Gasteiger charge is -2.29. The number of nitrogens with two attached hydrogens (primary N) is 2. The Labute approximate surface area is 294 Å². The minimum Gasteiger partial charge on any atom is -0.382 e. The third-order valence-electron chi connectivity index (χ3n) is 9.88. The number of carbonyl (C=O) groups excluding carboxylic acids is 1. The standard InChI is InChI=1S/C34H28ClF6N9O2/c1-49-27-15(3-4-20(35)24(27)31(42)48-49)16-10-21-33(45-22(44-21)11-52-2)46-25(16)18(7-12-5-13(36)8-14(37)6-12)28(32(43)51)50-29-23(26(47-50)30(38)39)17-9-19(17)34(29,40)41/h3-6,8,10,17-19,28,30H,7,9,11H2,1-2H3,(H2,42,48)(H2,43,51)(H,44,45,46)/t17-,18+,19+,28?/m0/s1. The van der Waals surface area contributed by atoms with Gasteiger partial charge in [0.05, 0.1) is 27.1 Å². The maximum Gasteiger partial charge on any atom is 0.293 e. The first kappa shape index (κ1) is 34.0. The number of hydrogen-bond donors (Lipinski definition) is 3. The summed E-state index contributed by atoms with van der Waals surface area (Å²) in [4.78, 5) is 26.1. The molecule has 0 radical (unpaired) electrons. The number of carbonyl (C=O) groups is 1. The monoisotopic (exact) mass is 743 g/mol. The summed E-state index contributed by atoms with van der Waals surface area (Å²) in [6.45, 7) is 0.0492. The summed E-state index contributed by atoms with van der Waals surface area (Å²) in [5.74, 6) is -9.91. The summed E-state index contributed by atoms with van der Waals surface area (Å²) in [6.07, 6.45) is -3.71. The molecule has 1 saturated carbocycles. The number of nitrogen functional groups attached to an aromatic ring is 1. The average molecular weight is 744 g/mol. The minimum absolute atomic E-state index is 0.00542. The van der Waals surface area contributed by atoms with Crippen molar-refractivity contribution in [2.24, 2.45) is 18.7 Å². The lowest BCUT2D eigenvalue weighted by Crippen LogP contribution is -2.37. The molecule has 6 aromatic rings. The van der Waals surface area contributed by atoms with Crippen LogP contribution in [0.2, 0.25) is 5.02 Å². The van der Waals surface area contributed by atoms with Crippen LogP contribution in [0.5, 0.6) is 0 Å². The summed E-state index contributed by atoms with van der Waals surface area (Å²) in [5, 5.41) is 8.89. The SMILES string of the molecule is COCc1nc2nc([C@@H](Cc3cc(F)cc(F)c3)C(C(N)=O)n3nc(C(F)F)c4c3C(F)(F)[C@@H]3C[C@H]43)c(-c3ccc(Cl)c4c(N)nn(C)c34)cc2[nH]1. The van der Waals surface area contributed by atoms with Crippen molar-refractivity contribution < 1.29 is 35.9 Å². The lowest BCUT2D eigenvalue weighted by molar-refractivity contribution is -0.122. The van der Waals surface area contributed by atoms with E-state index in [1.165, 1.54) is 11.8 Å². The van der Waals surface area contributed by atoms with Gasteiger partial charge in [0.25, 0.3) is 12.3 Å². The molecule has 2 aliphatic carbocycles. The highest BCUT2D eigenvalue weighted by Gasteiger charge is 2.67. The molecule has 52 heavy (non-hydrogen) atoms. The van der Waals surface area contributed by atoms with Crippen LogP contribution in [-0.2, 0) is 35.5 Å². The van der Waals surface area contributed by atoms with Gasteiger partial charge in [-0.25, -0.2) is 32.2 Å². The van der Waals surface area contributed by atoms with Gasteiger partial charge >= 0.3 is 0 Å². The van der Waals surface area contributed by atoms with Crippen molar-refractivity contribution in [3.05, 3.63) is 87.1 Å². The van der Waals surface area contributed by atoms with Gasteiger partial charge in [0.1, 0.15) is 41.5 Å². The number of rotatable bonds is 10. The molecule has 8 rings (SSSR count). The van der Waals surface area contributed by atoms with Gasteiger partial charge in [-0.2, -0.15) is 19.0 Å². The van der Waals surface area contributed by atoms with Crippen molar-refractivity contribution in [2.45, 2.75) is 49.7 Å². The van der Waals surface area contributed by atoms with Crippen LogP contribution in [0, 0.1) is 17.6 Å². The Hall–Kier alpha value is -5.16. The van der Waals surface area contributed by atoms with E-state index in [0.717, 1.165) is 12.1 Å². The zero-order chi connectivity index (χ0) is 37.0. The molecule has 2 aliphatic rings. The number of ether oxygens (including phenoxy) is 1. The third kappa shape index (κ3) is 5.19. The molecule has 5 N–H and O–H groups in total. The van der Waals surface area contributed by atoms with Gasteiger partial charge in [-0.05, 0) is 48.6 Å². The fourth-order valence-electron chi connectivity index (χ4n) is 7.78. The summed E-state index contributed by atoms with van der Waals surface area (Å²) in [5.41, 5.74) is 11.8. The first-order chi connectivity index (χ1) is 24.7. The molecule has 0 saturated heterocycles. The lowest BCUT2D eigenvalue weighted by atomic mass is 9.84. The van der Waals surface area contributed by atoms with E-state index in [1.54, 1.807) is 25.2 Å². The number of aromatic amines is 1. The number of fused-ring (bicyclic) bond motifs is 5. The van der Waals surface area contributed by atoms with Crippen LogP contribution in [0.3, 0.4) is 0 Å². The first-order valence-corrected chi connectivity index (χ1v) is 16.4. The zero-order valence-electron chi connectivity index (χ0n) is 27.3. The maximum atomic E-state index is 16.0. The second kappa shape index (κ2) is 11.9. The molecule has 1 fully saturated rings. The fraction of sp³-hybridized carbons (Fsp3) is 0.324. The van der Waals surface area contributed by atoms with E-state index in [1.807, 2.05) is 0 Å². The third-order valence-corrected chi connectivity index (χ3v) is 10.2. The number of H-pyrrole nitrogens is 1. The number of nitrogens with zero attached hydrogens (tertiary/aromatic N) is 6. The van der Waals surface area contributed by atoms with Crippen molar-refractivity contribution in [3.63, 3.8) is 0 Å². The molecule has 0 bridgehead atoms. The van der Waals surface area contributed by atoms with Gasteiger partial charge in [-0.1, -0.05) is 17.7 Å². The van der Waals surface area contributed by atoms with Crippen LogP contribution in [0.4, 0.5) is 32.2 Å². The molecule has 1 amide bonds. The van der Waals surface area contributed by atoms with Crippen molar-refractivity contribution in [1.29, 1.82) is 0 Å². The van der Waals surface area contributed by atoms with Crippen molar-refractivity contribution >= 4 is 45.4 Å². The molecular formula is C34H28ClF6N9O2. The van der Waals surface area contributed by atoms with Gasteiger partial charge in [-0.3, -0.25) is 9.48 Å². The second-order valence-corrected chi connectivity index (χ2v) is 13.5. The molecule has 18 heteroatoms. The van der Waals surface area contributed by atoms with Crippen LogP contribution in [0.1, 0.15) is 64.8 Å². The Morgan fingerprint density at radius 2 is 1.83 bits per heavy atom. The van der Waals surface area contributed by atoms with Gasteiger partial charge in [0, 0.05) is 48.8 Å². The minimum atomic E-state index is -3.63. The van der Waals surface area contributed by atoms with E-state index in [9.17, 15) is 22.4 Å². The molecule has 1 unspecified atom stereocenters. The number of imidazole rings is 1. The number of aryl methyl sites for hydroxylation is 1. The molecule has 4 aromatic heterocycles. The van der Waals surface area contributed by atoms with Crippen LogP contribution in [-0.4, -0.2) is 47.5 Å². The summed E-state index contributed by atoms with van der Waals surface area (Å²) >= 11 is 6.55. The largest absolute Gasteiger partial charge is 0.382 e. The summed E-state index contributed by atoms with van der Waals surface area (Å²) in [7, 11) is 3.07. The summed E-state index contributed by atoms with van der Waals surface area (Å²) < 4.78 is 97.5. The highest BCUT2D eigenvalue weighted by atomic mass is 35.5. The number of pyridine rings is 1. The first-order valence-electron chi connectivity index (χ1n) is 16.0. The van der Waals surface area contributed by atoms with E-state index in [-0.39, 0.29) is 51.9 Å². The van der Waals surface area contributed by atoms with E-state index < -0.39 is 71.5 Å². The fourth-order valence-corrected chi connectivity index (χ4v) is 8.03. The number of nitrogens with one attached hydrogen (secondary N) is 1. The van der Waals surface area contributed by atoms with Crippen LogP contribution >= 0.6 is 11.6 Å². The van der Waals surface area contributed by atoms with Crippen LogP contribution in [0.25, 0.3) is 33.2 Å². The predicted octanol–water partition coefficient (Wildman–Crippen LogP) is 6.57. The van der Waals surface area contributed by atoms with Gasteiger partial charge in [0.15, 0.2) is 11.5 Å². The molecular weight excluding hydrogens is 716 g/mol. The Balaban J connectivity index is 1.45. The van der Waals surface area contributed by atoms with Gasteiger partial charge < -0.3 is 21.2 Å². The van der Waals surface area contributed by atoms with Crippen molar-refractivity contribution in [1.82, 2.24) is 34.5 Å². The molecule has 4 atom stereocenters. The number of anilines is 1. The molecule has 0 aliphatic heterocycles. The average Bonchev–Trinajstić information content (AvgIpc) is 3.34. The number of methoxy groups -OCH3 is 1. The highest BCUT2D eigenvalue weighted by Crippen LogP contribution is 2.68. The smallest absolute Gasteiger partial charge is 0.293 e. The normalized spacial score (nSPS) is 18.7. The molecule has 0 spiro atoms. The Morgan fingerprint density at radius 1 is 1.10 bits per heavy atom. The summed E-state index contributed by atoms with van der Waals surface area (Å²) in [6, 6.07) is 5.54. The Morgan fingerprint density at radius 3 is 2.50 bits per heavy atom. The van der Waals surface area contributed by atoms with E-state index in [4.69, 9.17) is 32.8 Å². The zero-order valence-corrected chi connectivity index (χ0v) is 28.0. The number of alkyl halides is 4. The van der Waals surface area contributed by atoms with Crippen molar-refractivity contribution in [3.8, 4) is 11.1 Å². The molecule has 270 valence electrons. The van der Waals surface area contributed by atoms with E-state index >= 15 is 8.78 Å². The number of halogens is 7.